The lowest BCUT2D eigenvalue weighted by atomic mass is 9.71. The molecule has 0 bridgehead atoms. The molecule has 1 saturated carbocycles. The maximum Gasteiger partial charge on any atom is 0.235 e. The molecule has 4 nitrogen and oxygen atoms in total. The summed E-state index contributed by atoms with van der Waals surface area (Å²) in [6.45, 7) is 2.97. The smallest absolute Gasteiger partial charge is 0.235 e. The summed E-state index contributed by atoms with van der Waals surface area (Å²) in [5.41, 5.74) is 1.44. The number of benzene rings is 1. The van der Waals surface area contributed by atoms with E-state index in [1.807, 2.05) is 13.0 Å². The molecule has 0 atom stereocenters. The van der Waals surface area contributed by atoms with Gasteiger partial charge in [-0.05, 0) is 37.8 Å². The molecule has 0 N–H and O–H groups in total. The first-order valence-electron chi connectivity index (χ1n) is 6.36. The van der Waals surface area contributed by atoms with E-state index in [1.54, 1.807) is 6.08 Å². The van der Waals surface area contributed by atoms with Crippen LogP contribution in [0.4, 0.5) is 0 Å². The Kier molecular flexibility index (Phi) is 3.00. The second kappa shape index (κ2) is 4.55. The molecule has 0 unspecified atom stereocenters. The third-order valence-corrected chi connectivity index (χ3v) is 4.24. The molecule has 100 valence electrons. The molecule has 1 aliphatic carbocycles. The number of hydrogen-bond donors (Lipinski definition) is 0. The summed E-state index contributed by atoms with van der Waals surface area (Å²) < 4.78 is 11.2. The molecule has 1 aromatic rings. The fourth-order valence-electron chi connectivity index (χ4n) is 2.82. The van der Waals surface area contributed by atoms with Gasteiger partial charge < -0.3 is 9.47 Å². The largest absolute Gasteiger partial charge is 0.486 e. The molecule has 0 amide bonds. The number of hydrogen-bond acceptors (Lipinski definition) is 4. The molecule has 1 aliphatic heterocycles. The summed E-state index contributed by atoms with van der Waals surface area (Å²) in [5, 5.41) is 0.516. The lowest BCUT2D eigenvalue weighted by molar-refractivity contribution is 0.169. The van der Waals surface area contributed by atoms with E-state index in [9.17, 15) is 4.79 Å². The summed E-state index contributed by atoms with van der Waals surface area (Å²) in [7, 11) is 0. The average Bonchev–Trinajstić information content (AvgIpc) is 2.39. The van der Waals surface area contributed by atoms with Crippen LogP contribution in [-0.4, -0.2) is 19.3 Å². The van der Waals surface area contributed by atoms with E-state index in [4.69, 9.17) is 21.1 Å². The fraction of sp³-hybridized carbons (Fsp3) is 0.500. The summed E-state index contributed by atoms with van der Waals surface area (Å²) in [6, 6.07) is 1.85. The van der Waals surface area contributed by atoms with Crippen molar-refractivity contribution in [3.8, 4) is 11.5 Å². The lowest BCUT2D eigenvalue weighted by Crippen LogP contribution is -2.33. The van der Waals surface area contributed by atoms with E-state index >= 15 is 0 Å². The number of carbonyl (C=O) groups excluding carboxylic acids is 1. The van der Waals surface area contributed by atoms with E-state index in [0.29, 0.717) is 29.7 Å². The van der Waals surface area contributed by atoms with Gasteiger partial charge in [-0.2, -0.15) is 4.99 Å². The third kappa shape index (κ3) is 1.83. The van der Waals surface area contributed by atoms with Crippen LogP contribution in [0.2, 0.25) is 5.02 Å². The Hall–Kier alpha value is -1.51. The van der Waals surface area contributed by atoms with Gasteiger partial charge in [0.2, 0.25) is 6.08 Å². The van der Waals surface area contributed by atoms with Crippen molar-refractivity contribution in [2.75, 3.05) is 13.2 Å². The zero-order chi connectivity index (χ0) is 13.5. The maximum absolute atomic E-state index is 10.7. The Morgan fingerprint density at radius 3 is 2.58 bits per heavy atom. The SMILES string of the molecule is Cc1c(C2(N=C=O)CCC2)cc(Cl)c2c1OCCO2. The molecule has 0 spiro atoms. The van der Waals surface area contributed by atoms with Crippen LogP contribution in [0.3, 0.4) is 0 Å². The maximum atomic E-state index is 10.7. The quantitative estimate of drug-likeness (QED) is 0.617. The van der Waals surface area contributed by atoms with Crippen molar-refractivity contribution in [2.24, 2.45) is 4.99 Å². The highest BCUT2D eigenvalue weighted by molar-refractivity contribution is 6.32. The van der Waals surface area contributed by atoms with Gasteiger partial charge >= 0.3 is 0 Å². The number of isocyanates is 1. The minimum Gasteiger partial charge on any atom is -0.486 e. The molecular weight excluding hydrogens is 266 g/mol. The van der Waals surface area contributed by atoms with Crippen molar-refractivity contribution in [3.63, 3.8) is 0 Å². The van der Waals surface area contributed by atoms with Crippen LogP contribution < -0.4 is 9.47 Å². The molecule has 19 heavy (non-hydrogen) atoms. The molecule has 3 rings (SSSR count). The minimum atomic E-state index is -0.467. The molecule has 0 radical (unpaired) electrons. The number of halogens is 1. The van der Waals surface area contributed by atoms with Crippen molar-refractivity contribution < 1.29 is 14.3 Å². The van der Waals surface area contributed by atoms with Gasteiger partial charge in [-0.25, -0.2) is 4.79 Å². The molecular formula is C14H14ClNO3. The molecule has 0 saturated heterocycles. The van der Waals surface area contributed by atoms with Gasteiger partial charge in [0, 0.05) is 5.56 Å². The van der Waals surface area contributed by atoms with Crippen LogP contribution >= 0.6 is 11.6 Å². The van der Waals surface area contributed by atoms with E-state index in [-0.39, 0.29) is 0 Å². The average molecular weight is 280 g/mol. The summed E-state index contributed by atoms with van der Waals surface area (Å²) in [6.07, 6.45) is 4.44. The summed E-state index contributed by atoms with van der Waals surface area (Å²) in [5.74, 6) is 1.28. The van der Waals surface area contributed by atoms with Crippen molar-refractivity contribution in [1.82, 2.24) is 0 Å². The Balaban J connectivity index is 2.17. The van der Waals surface area contributed by atoms with Crippen LogP contribution in [0.15, 0.2) is 11.1 Å². The van der Waals surface area contributed by atoms with Crippen LogP contribution in [0.1, 0.15) is 30.4 Å². The first-order chi connectivity index (χ1) is 9.18. The van der Waals surface area contributed by atoms with E-state index in [0.717, 1.165) is 30.4 Å². The number of aliphatic imine (C=N–C) groups is 1. The van der Waals surface area contributed by atoms with Gasteiger partial charge in [0.25, 0.3) is 0 Å². The zero-order valence-electron chi connectivity index (χ0n) is 10.7. The summed E-state index contributed by atoms with van der Waals surface area (Å²) >= 11 is 6.26. The van der Waals surface area contributed by atoms with Crippen LogP contribution in [-0.2, 0) is 10.3 Å². The second-order valence-corrected chi connectivity index (χ2v) is 5.38. The van der Waals surface area contributed by atoms with Crippen molar-refractivity contribution in [2.45, 2.75) is 31.7 Å². The van der Waals surface area contributed by atoms with Gasteiger partial charge in [0.15, 0.2) is 11.5 Å². The number of ether oxygens (including phenoxy) is 2. The minimum absolute atomic E-state index is 0.467. The van der Waals surface area contributed by atoms with Gasteiger partial charge in [0.1, 0.15) is 13.2 Å². The molecule has 1 heterocycles. The highest BCUT2D eigenvalue weighted by atomic mass is 35.5. The highest BCUT2D eigenvalue weighted by Crippen LogP contribution is 2.51. The number of rotatable bonds is 2. The van der Waals surface area contributed by atoms with Gasteiger partial charge in [-0.3, -0.25) is 0 Å². The monoisotopic (exact) mass is 279 g/mol. The lowest BCUT2D eigenvalue weighted by Gasteiger charge is -2.39. The first-order valence-corrected chi connectivity index (χ1v) is 6.74. The van der Waals surface area contributed by atoms with Gasteiger partial charge in [0.05, 0.1) is 10.6 Å². The highest BCUT2D eigenvalue weighted by Gasteiger charge is 2.41. The number of nitrogens with zero attached hydrogens (tertiary/aromatic N) is 1. The molecule has 5 heteroatoms. The van der Waals surface area contributed by atoms with Crippen LogP contribution in [0, 0.1) is 6.92 Å². The number of fused-ring (bicyclic) bond motifs is 1. The predicted molar refractivity (Wildman–Crippen MR) is 70.8 cm³/mol. The Bertz CT molecular complexity index is 575. The molecule has 2 aliphatic rings. The van der Waals surface area contributed by atoms with Gasteiger partial charge in [-0.15, -0.1) is 0 Å². The van der Waals surface area contributed by atoms with Crippen LogP contribution in [0.5, 0.6) is 11.5 Å². The van der Waals surface area contributed by atoms with Crippen molar-refractivity contribution >= 4 is 17.7 Å². The van der Waals surface area contributed by atoms with Crippen molar-refractivity contribution in [1.29, 1.82) is 0 Å². The Labute approximate surface area is 116 Å². The fourth-order valence-corrected chi connectivity index (χ4v) is 3.07. The Morgan fingerprint density at radius 1 is 1.32 bits per heavy atom. The second-order valence-electron chi connectivity index (χ2n) is 4.97. The topological polar surface area (TPSA) is 47.9 Å². The van der Waals surface area contributed by atoms with Crippen LogP contribution in [0.25, 0.3) is 0 Å². The predicted octanol–water partition coefficient (Wildman–Crippen LogP) is 3.13. The molecule has 1 fully saturated rings. The van der Waals surface area contributed by atoms with E-state index in [2.05, 4.69) is 4.99 Å². The van der Waals surface area contributed by atoms with Crippen molar-refractivity contribution in [3.05, 3.63) is 22.2 Å². The molecule has 0 aromatic heterocycles. The van der Waals surface area contributed by atoms with Gasteiger partial charge in [-0.1, -0.05) is 11.6 Å². The van der Waals surface area contributed by atoms with E-state index in [1.165, 1.54) is 0 Å². The normalized spacial score (nSPS) is 19.3. The first kappa shape index (κ1) is 12.5. The molecule has 1 aromatic carbocycles. The standard InChI is InChI=1S/C14H14ClNO3/c1-9-10(14(16-8-17)3-2-4-14)7-11(15)13-12(9)18-5-6-19-13/h7H,2-6H2,1H3. The Morgan fingerprint density at radius 2 is 2.00 bits per heavy atom. The summed E-state index contributed by atoms with van der Waals surface area (Å²) in [4.78, 5) is 14.7. The van der Waals surface area contributed by atoms with E-state index < -0.39 is 5.54 Å². The zero-order valence-corrected chi connectivity index (χ0v) is 11.4. The third-order valence-electron chi connectivity index (χ3n) is 3.96.